The Morgan fingerprint density at radius 3 is 2.73 bits per heavy atom. The third kappa shape index (κ3) is 4.18. The molecule has 1 aliphatic rings. The largest absolute Gasteiger partial charge is 0.349 e. The van der Waals surface area contributed by atoms with Crippen LogP contribution >= 0.6 is 11.6 Å². The molecule has 1 aromatic carbocycles. The quantitative estimate of drug-likeness (QED) is 0.635. The van der Waals surface area contributed by atoms with Crippen molar-refractivity contribution in [1.82, 2.24) is 5.32 Å². The molecule has 120 valence electrons. The van der Waals surface area contributed by atoms with Gasteiger partial charge in [-0.15, -0.1) is 0 Å². The van der Waals surface area contributed by atoms with E-state index in [1.807, 2.05) is 0 Å². The van der Waals surface area contributed by atoms with Gasteiger partial charge in [-0.1, -0.05) is 18.5 Å². The molecule has 0 aliphatic carbocycles. The molecule has 1 aliphatic heterocycles. The number of carbonyl (C=O) groups is 1. The predicted molar refractivity (Wildman–Crippen MR) is 84.4 cm³/mol. The van der Waals surface area contributed by atoms with Crippen LogP contribution in [0.5, 0.6) is 0 Å². The van der Waals surface area contributed by atoms with Gasteiger partial charge in [-0.3, -0.25) is 14.9 Å². The molecule has 2 N–H and O–H groups in total. The van der Waals surface area contributed by atoms with Gasteiger partial charge < -0.3 is 10.2 Å². The van der Waals surface area contributed by atoms with Gasteiger partial charge in [0.2, 0.25) is 0 Å². The minimum atomic E-state index is -0.575. The van der Waals surface area contributed by atoms with Gasteiger partial charge in [-0.25, -0.2) is 0 Å². The van der Waals surface area contributed by atoms with Crippen LogP contribution in [0.2, 0.25) is 5.02 Å². The smallest absolute Gasteiger partial charge is 0.283 e. The fourth-order valence-corrected chi connectivity index (χ4v) is 3.05. The van der Waals surface area contributed by atoms with E-state index in [9.17, 15) is 14.9 Å². The highest BCUT2D eigenvalue weighted by Gasteiger charge is 2.26. The van der Waals surface area contributed by atoms with Crippen molar-refractivity contribution in [2.75, 3.05) is 19.6 Å². The number of nitro benzene ring substituents is 1. The molecular formula is C15H21ClN3O3+. The van der Waals surface area contributed by atoms with E-state index in [1.165, 1.54) is 18.2 Å². The van der Waals surface area contributed by atoms with Gasteiger partial charge in [0.1, 0.15) is 5.56 Å². The number of hydrogen-bond acceptors (Lipinski definition) is 3. The first-order valence-electron chi connectivity index (χ1n) is 7.59. The Hall–Kier alpha value is -1.66. The van der Waals surface area contributed by atoms with Crippen molar-refractivity contribution in [2.24, 2.45) is 0 Å². The van der Waals surface area contributed by atoms with Gasteiger partial charge in [0, 0.05) is 30.0 Å². The van der Waals surface area contributed by atoms with Crippen LogP contribution in [0.3, 0.4) is 0 Å². The summed E-state index contributed by atoms with van der Waals surface area (Å²) in [5.41, 5.74) is -0.184. The van der Waals surface area contributed by atoms with E-state index < -0.39 is 10.8 Å². The Bertz CT molecular complexity index is 557. The molecule has 0 aromatic heterocycles. The van der Waals surface area contributed by atoms with E-state index in [0.29, 0.717) is 0 Å². The number of piperidine rings is 1. The minimum absolute atomic E-state index is 0.0673. The second-order valence-electron chi connectivity index (χ2n) is 5.67. The lowest BCUT2D eigenvalue weighted by Crippen LogP contribution is -3.13. The van der Waals surface area contributed by atoms with Crippen LogP contribution in [0.15, 0.2) is 18.2 Å². The predicted octanol–water partition coefficient (Wildman–Crippen LogP) is 1.44. The van der Waals surface area contributed by atoms with Crippen molar-refractivity contribution >= 4 is 23.2 Å². The second kappa shape index (κ2) is 7.56. The first-order valence-corrected chi connectivity index (χ1v) is 7.97. The molecule has 0 spiro atoms. The zero-order valence-electron chi connectivity index (χ0n) is 12.6. The maximum atomic E-state index is 12.3. The molecule has 1 heterocycles. The minimum Gasteiger partial charge on any atom is -0.349 e. The Morgan fingerprint density at radius 1 is 1.45 bits per heavy atom. The van der Waals surface area contributed by atoms with Crippen molar-refractivity contribution in [2.45, 2.75) is 32.2 Å². The number of nitro groups is 1. The van der Waals surface area contributed by atoms with Crippen LogP contribution in [0.4, 0.5) is 5.69 Å². The highest BCUT2D eigenvalue weighted by molar-refractivity contribution is 6.31. The van der Waals surface area contributed by atoms with E-state index in [1.54, 1.807) is 4.90 Å². The summed E-state index contributed by atoms with van der Waals surface area (Å²) < 4.78 is 0. The summed E-state index contributed by atoms with van der Waals surface area (Å²) in [7, 11) is 0. The van der Waals surface area contributed by atoms with Gasteiger partial charge in [0.15, 0.2) is 0 Å². The third-order valence-corrected chi connectivity index (χ3v) is 4.27. The van der Waals surface area contributed by atoms with Crippen molar-refractivity contribution in [3.63, 3.8) is 0 Å². The highest BCUT2D eigenvalue weighted by Crippen LogP contribution is 2.23. The lowest BCUT2D eigenvalue weighted by molar-refractivity contribution is -0.905. The average Bonchev–Trinajstić information content (AvgIpc) is 2.49. The Labute approximate surface area is 134 Å². The summed E-state index contributed by atoms with van der Waals surface area (Å²) in [6.45, 7) is 5.38. The summed E-state index contributed by atoms with van der Waals surface area (Å²) in [6.07, 6.45) is 2.97. The fraction of sp³-hybridized carbons (Fsp3) is 0.533. The number of quaternary nitrogens is 1. The van der Waals surface area contributed by atoms with E-state index in [2.05, 4.69) is 12.2 Å². The molecule has 22 heavy (non-hydrogen) atoms. The average molecular weight is 327 g/mol. The van der Waals surface area contributed by atoms with E-state index in [-0.39, 0.29) is 22.3 Å². The molecule has 6 nitrogen and oxygen atoms in total. The number of likely N-dealkylation sites (tertiary alicyclic amines) is 1. The number of hydrogen-bond donors (Lipinski definition) is 2. The van der Waals surface area contributed by atoms with E-state index in [4.69, 9.17) is 11.6 Å². The van der Waals surface area contributed by atoms with Gasteiger partial charge in [-0.05, 0) is 18.6 Å². The molecule has 0 saturated carbocycles. The lowest BCUT2D eigenvalue weighted by atomic mass is 10.0. The maximum Gasteiger partial charge on any atom is 0.283 e. The molecule has 0 bridgehead atoms. The first-order chi connectivity index (χ1) is 10.5. The molecule has 0 radical (unpaired) electrons. The Kier molecular flexibility index (Phi) is 5.74. The third-order valence-electron chi connectivity index (χ3n) is 4.03. The van der Waals surface area contributed by atoms with Gasteiger partial charge in [-0.2, -0.15) is 0 Å². The molecule has 1 saturated heterocycles. The zero-order chi connectivity index (χ0) is 16.1. The topological polar surface area (TPSA) is 76.7 Å². The second-order valence-corrected chi connectivity index (χ2v) is 6.10. The van der Waals surface area contributed by atoms with Crippen LogP contribution in [0.25, 0.3) is 0 Å². The molecule has 1 aromatic rings. The standard InChI is InChI=1S/C15H20ClN3O3/c1-2-7-18-8-5-12(6-9-18)17-15(20)13-4-3-11(16)10-14(13)19(21)22/h3-4,10,12H,2,5-9H2,1H3,(H,17,20)/p+1. The summed E-state index contributed by atoms with van der Waals surface area (Å²) in [4.78, 5) is 24.3. The number of halogens is 1. The van der Waals surface area contributed by atoms with E-state index in [0.717, 1.165) is 38.9 Å². The molecule has 1 fully saturated rings. The number of carbonyl (C=O) groups excluding carboxylic acids is 1. The van der Waals surface area contributed by atoms with Gasteiger partial charge in [0.05, 0.1) is 24.6 Å². The monoisotopic (exact) mass is 326 g/mol. The number of nitrogens with one attached hydrogen (secondary N) is 2. The molecule has 0 atom stereocenters. The molecule has 2 rings (SSSR count). The van der Waals surface area contributed by atoms with Gasteiger partial charge in [0.25, 0.3) is 11.6 Å². The van der Waals surface area contributed by atoms with E-state index >= 15 is 0 Å². The Morgan fingerprint density at radius 2 is 2.14 bits per heavy atom. The normalized spacial score (nSPS) is 21.4. The summed E-state index contributed by atoms with van der Waals surface area (Å²) in [6, 6.07) is 4.21. The number of rotatable bonds is 5. The van der Waals surface area contributed by atoms with Crippen LogP contribution in [-0.2, 0) is 0 Å². The first kappa shape index (κ1) is 16.7. The lowest BCUT2D eigenvalue weighted by Gasteiger charge is -2.29. The number of benzene rings is 1. The zero-order valence-corrected chi connectivity index (χ0v) is 13.4. The van der Waals surface area contributed by atoms with Crippen LogP contribution in [0, 0.1) is 10.1 Å². The molecule has 1 amide bonds. The summed E-state index contributed by atoms with van der Waals surface area (Å²) in [5.74, 6) is -0.396. The van der Waals surface area contributed by atoms with Crippen molar-refractivity contribution in [1.29, 1.82) is 0 Å². The molecular weight excluding hydrogens is 306 g/mol. The van der Waals surface area contributed by atoms with Gasteiger partial charge >= 0.3 is 0 Å². The number of nitrogens with zero attached hydrogens (tertiary/aromatic N) is 1. The van der Waals surface area contributed by atoms with Crippen molar-refractivity contribution < 1.29 is 14.6 Å². The highest BCUT2D eigenvalue weighted by atomic mass is 35.5. The molecule has 0 unspecified atom stereocenters. The molecule has 7 heteroatoms. The fourth-order valence-electron chi connectivity index (χ4n) is 2.88. The summed E-state index contributed by atoms with van der Waals surface area (Å²) in [5, 5.41) is 14.2. The Balaban J connectivity index is 2.00. The van der Waals surface area contributed by atoms with Crippen molar-refractivity contribution in [3.05, 3.63) is 38.9 Å². The summed E-state index contributed by atoms with van der Waals surface area (Å²) >= 11 is 5.76. The van der Waals surface area contributed by atoms with Crippen LogP contribution in [0.1, 0.15) is 36.5 Å². The SMILES string of the molecule is CCC[NH+]1CCC(NC(=O)c2ccc(Cl)cc2[N+](=O)[O-])CC1. The van der Waals surface area contributed by atoms with Crippen molar-refractivity contribution in [3.8, 4) is 0 Å². The maximum absolute atomic E-state index is 12.3. The van der Waals surface area contributed by atoms with Crippen LogP contribution in [-0.4, -0.2) is 36.5 Å². The van der Waals surface area contributed by atoms with Crippen LogP contribution < -0.4 is 10.2 Å². The number of amides is 1.